The molecule has 0 saturated heterocycles. The summed E-state index contributed by atoms with van der Waals surface area (Å²) in [5.74, 6) is -0.775. The maximum Gasteiger partial charge on any atom is 0.238 e. The minimum Gasteiger partial charge on any atom is -0.345 e. The van der Waals surface area contributed by atoms with Crippen molar-refractivity contribution in [2.24, 2.45) is 12.2 Å². The van der Waals surface area contributed by atoms with Gasteiger partial charge in [-0.1, -0.05) is 35.9 Å². The second-order valence-corrected chi connectivity index (χ2v) is 8.00. The largest absolute Gasteiger partial charge is 0.345 e. The molecule has 0 aliphatic heterocycles. The maximum atomic E-state index is 14.3. The van der Waals surface area contributed by atoms with E-state index in [4.69, 9.17) is 5.14 Å². The molecule has 5 nitrogen and oxygen atoms in total. The van der Waals surface area contributed by atoms with Crippen LogP contribution in [-0.4, -0.2) is 18.8 Å². The Morgan fingerprint density at radius 2 is 1.74 bits per heavy atom. The number of carbonyl (C=O) groups is 1. The van der Waals surface area contributed by atoms with Gasteiger partial charge < -0.3 is 4.57 Å². The van der Waals surface area contributed by atoms with E-state index in [1.165, 1.54) is 12.1 Å². The number of ketones is 1. The van der Waals surface area contributed by atoms with E-state index in [1.807, 2.05) is 19.1 Å². The molecule has 0 bridgehead atoms. The second kappa shape index (κ2) is 7.09. The fourth-order valence-corrected chi connectivity index (χ4v) is 3.38. The lowest BCUT2D eigenvalue weighted by atomic mass is 10.1. The molecule has 27 heavy (non-hydrogen) atoms. The van der Waals surface area contributed by atoms with Gasteiger partial charge in [0.25, 0.3) is 0 Å². The van der Waals surface area contributed by atoms with Gasteiger partial charge in [0.05, 0.1) is 10.6 Å². The molecule has 0 unspecified atom stereocenters. The summed E-state index contributed by atoms with van der Waals surface area (Å²) < 4.78 is 38.6. The van der Waals surface area contributed by atoms with Crippen LogP contribution in [0.15, 0.2) is 59.5 Å². The van der Waals surface area contributed by atoms with Crippen molar-refractivity contribution in [1.29, 1.82) is 0 Å². The van der Waals surface area contributed by atoms with Gasteiger partial charge in [-0.25, -0.2) is 17.9 Å². The summed E-state index contributed by atoms with van der Waals surface area (Å²) in [4.78, 5) is 12.4. The molecule has 3 rings (SSSR count). The number of nitrogens with zero attached hydrogens (tertiary/aromatic N) is 1. The highest BCUT2D eigenvalue weighted by atomic mass is 32.2. The molecule has 0 radical (unpaired) electrons. The van der Waals surface area contributed by atoms with Gasteiger partial charge in [-0.2, -0.15) is 0 Å². The van der Waals surface area contributed by atoms with Crippen LogP contribution in [0.4, 0.5) is 4.39 Å². The number of carbonyl (C=O) groups excluding carboxylic acids is 1. The summed E-state index contributed by atoms with van der Waals surface area (Å²) in [6.07, 6.45) is 0.217. The summed E-state index contributed by atoms with van der Waals surface area (Å²) in [5, 5.41) is 5.02. The Balaban J connectivity index is 1.88. The van der Waals surface area contributed by atoms with Crippen molar-refractivity contribution in [1.82, 2.24) is 4.57 Å². The van der Waals surface area contributed by atoms with Crippen LogP contribution in [0.3, 0.4) is 0 Å². The van der Waals surface area contributed by atoms with Crippen molar-refractivity contribution in [3.8, 4) is 0 Å². The van der Waals surface area contributed by atoms with E-state index in [9.17, 15) is 17.6 Å². The van der Waals surface area contributed by atoms with E-state index in [0.717, 1.165) is 17.3 Å². The highest BCUT2D eigenvalue weighted by molar-refractivity contribution is 7.89. The summed E-state index contributed by atoms with van der Waals surface area (Å²) in [6, 6.07) is 14.3. The van der Waals surface area contributed by atoms with Gasteiger partial charge in [-0.05, 0) is 36.8 Å². The molecular formula is C20H19FN2O3S. The molecule has 3 aromatic rings. The predicted molar refractivity (Wildman–Crippen MR) is 101 cm³/mol. The first-order chi connectivity index (χ1) is 12.7. The lowest BCUT2D eigenvalue weighted by Crippen LogP contribution is -2.13. The number of benzene rings is 2. The second-order valence-electron chi connectivity index (χ2n) is 6.44. The van der Waals surface area contributed by atoms with Gasteiger partial charge in [0.2, 0.25) is 15.8 Å². The Hall–Kier alpha value is -2.77. The highest BCUT2D eigenvalue weighted by Gasteiger charge is 2.17. The number of halogens is 1. The first-order valence-corrected chi connectivity index (χ1v) is 9.78. The lowest BCUT2D eigenvalue weighted by molar-refractivity contribution is 0.103. The molecule has 1 heterocycles. The highest BCUT2D eigenvalue weighted by Crippen LogP contribution is 2.20. The Bertz CT molecular complexity index is 1120. The van der Waals surface area contributed by atoms with Crippen molar-refractivity contribution >= 4 is 15.8 Å². The number of primary sulfonamides is 1. The average Bonchev–Trinajstić information content (AvgIpc) is 2.96. The van der Waals surface area contributed by atoms with E-state index in [2.05, 4.69) is 0 Å². The minimum absolute atomic E-state index is 0.117. The van der Waals surface area contributed by atoms with Gasteiger partial charge in [-0.3, -0.25) is 4.79 Å². The Kier molecular flexibility index (Phi) is 4.99. The first-order valence-electron chi connectivity index (χ1n) is 8.24. The van der Waals surface area contributed by atoms with Crippen LogP contribution in [0, 0.1) is 12.7 Å². The van der Waals surface area contributed by atoms with E-state index in [-0.39, 0.29) is 17.1 Å². The van der Waals surface area contributed by atoms with Gasteiger partial charge in [0, 0.05) is 24.7 Å². The van der Waals surface area contributed by atoms with Crippen molar-refractivity contribution in [2.45, 2.75) is 18.2 Å². The van der Waals surface area contributed by atoms with E-state index < -0.39 is 15.8 Å². The molecule has 0 spiro atoms. The van der Waals surface area contributed by atoms with Crippen molar-refractivity contribution in [3.63, 3.8) is 0 Å². The SMILES string of the molecule is Cc1ccc(C(=O)c2ccc(Cc3ccc(S(N)(=O)=O)cc3F)n2C)cc1. The summed E-state index contributed by atoms with van der Waals surface area (Å²) in [7, 11) is -2.21. The number of aromatic nitrogens is 1. The van der Waals surface area contributed by atoms with E-state index >= 15 is 0 Å². The number of hydrogen-bond acceptors (Lipinski definition) is 3. The van der Waals surface area contributed by atoms with Gasteiger partial charge in [0.15, 0.2) is 0 Å². The smallest absolute Gasteiger partial charge is 0.238 e. The molecule has 0 atom stereocenters. The number of hydrogen-bond donors (Lipinski definition) is 1. The average molecular weight is 386 g/mol. The molecule has 0 saturated carbocycles. The topological polar surface area (TPSA) is 82.2 Å². The van der Waals surface area contributed by atoms with Gasteiger partial charge in [-0.15, -0.1) is 0 Å². The first kappa shape index (κ1) is 19.0. The number of aryl methyl sites for hydroxylation is 1. The fraction of sp³-hybridized carbons (Fsp3) is 0.150. The molecule has 7 heteroatoms. The molecule has 1 aromatic heterocycles. The minimum atomic E-state index is -3.95. The van der Waals surface area contributed by atoms with Crippen LogP contribution < -0.4 is 5.14 Å². The third kappa shape index (κ3) is 3.99. The van der Waals surface area contributed by atoms with Crippen molar-refractivity contribution < 1.29 is 17.6 Å². The molecule has 2 aromatic carbocycles. The number of sulfonamides is 1. The van der Waals surface area contributed by atoms with Crippen LogP contribution in [0.1, 0.15) is 32.9 Å². The van der Waals surface area contributed by atoms with Crippen molar-refractivity contribution in [3.05, 3.63) is 88.5 Å². The normalized spacial score (nSPS) is 11.6. The Morgan fingerprint density at radius 1 is 1.07 bits per heavy atom. The molecule has 0 amide bonds. The Morgan fingerprint density at radius 3 is 2.33 bits per heavy atom. The van der Waals surface area contributed by atoms with Crippen LogP contribution in [0.5, 0.6) is 0 Å². The quantitative estimate of drug-likeness (QED) is 0.685. The Labute approximate surface area is 157 Å². The molecule has 140 valence electrons. The zero-order valence-corrected chi connectivity index (χ0v) is 15.8. The predicted octanol–water partition coefficient (Wildman–Crippen LogP) is 2.94. The maximum absolute atomic E-state index is 14.3. The van der Waals surface area contributed by atoms with Crippen LogP contribution in [-0.2, 0) is 23.5 Å². The molecule has 2 N–H and O–H groups in total. The molecular weight excluding hydrogens is 367 g/mol. The monoisotopic (exact) mass is 386 g/mol. The standard InChI is InChI=1S/C20H19FN2O3S/c1-13-3-5-14(6-4-13)20(24)19-10-8-16(23(19)2)11-15-7-9-17(12-18(15)21)27(22,25)26/h3-10,12H,11H2,1-2H3,(H2,22,25,26). The van der Waals surface area contributed by atoms with E-state index in [1.54, 1.807) is 35.9 Å². The third-order valence-corrected chi connectivity index (χ3v) is 5.41. The van der Waals surface area contributed by atoms with E-state index in [0.29, 0.717) is 16.8 Å². The zero-order valence-electron chi connectivity index (χ0n) is 14.9. The molecule has 0 fully saturated rings. The summed E-state index contributed by atoms with van der Waals surface area (Å²) >= 11 is 0. The van der Waals surface area contributed by atoms with Gasteiger partial charge >= 0.3 is 0 Å². The zero-order chi connectivity index (χ0) is 19.8. The summed E-state index contributed by atoms with van der Waals surface area (Å²) in [5.41, 5.74) is 3.19. The number of nitrogens with two attached hydrogens (primary N) is 1. The molecule has 0 aliphatic carbocycles. The van der Waals surface area contributed by atoms with Crippen LogP contribution in [0.2, 0.25) is 0 Å². The number of rotatable bonds is 5. The van der Waals surface area contributed by atoms with Crippen LogP contribution >= 0.6 is 0 Å². The van der Waals surface area contributed by atoms with Crippen molar-refractivity contribution in [2.75, 3.05) is 0 Å². The fourth-order valence-electron chi connectivity index (χ4n) is 2.86. The van der Waals surface area contributed by atoms with Gasteiger partial charge in [0.1, 0.15) is 5.82 Å². The third-order valence-electron chi connectivity index (χ3n) is 4.50. The summed E-state index contributed by atoms with van der Waals surface area (Å²) in [6.45, 7) is 1.95. The van der Waals surface area contributed by atoms with Crippen LogP contribution in [0.25, 0.3) is 0 Å². The lowest BCUT2D eigenvalue weighted by Gasteiger charge is -2.09. The molecule has 0 aliphatic rings.